The van der Waals surface area contributed by atoms with Crippen molar-refractivity contribution in [2.24, 2.45) is 0 Å². The summed E-state index contributed by atoms with van der Waals surface area (Å²) in [6.45, 7) is 0. The lowest BCUT2D eigenvalue weighted by atomic mass is 10.2. The van der Waals surface area contributed by atoms with Crippen LogP contribution in [0, 0.1) is 11.6 Å². The van der Waals surface area contributed by atoms with Crippen molar-refractivity contribution >= 4 is 0 Å². The zero-order valence-corrected chi connectivity index (χ0v) is 6.85. The second-order valence-corrected chi connectivity index (χ2v) is 2.47. The molecule has 0 unspecified atom stereocenters. The van der Waals surface area contributed by atoms with Gasteiger partial charge in [-0.2, -0.15) is 0 Å². The van der Waals surface area contributed by atoms with Crippen LogP contribution in [0.25, 0.3) is 11.4 Å². The molecule has 0 radical (unpaired) electrons. The van der Waals surface area contributed by atoms with Gasteiger partial charge in [0.1, 0.15) is 11.6 Å². The van der Waals surface area contributed by atoms with Crippen LogP contribution < -0.4 is 0 Å². The van der Waals surface area contributed by atoms with Crippen molar-refractivity contribution in [2.75, 3.05) is 0 Å². The van der Waals surface area contributed by atoms with E-state index in [1.165, 1.54) is 6.07 Å². The van der Waals surface area contributed by atoms with Gasteiger partial charge in [0.05, 0.1) is 5.56 Å². The van der Waals surface area contributed by atoms with Crippen molar-refractivity contribution in [1.82, 2.24) is 20.4 Å². The van der Waals surface area contributed by atoms with Gasteiger partial charge in [0.25, 0.3) is 0 Å². The molecule has 0 bridgehead atoms. The molecule has 0 saturated carbocycles. The molecule has 1 heterocycles. The molecule has 0 atom stereocenters. The molecule has 0 saturated heterocycles. The number of halogens is 2. The minimum absolute atomic E-state index is 0.164. The van der Waals surface area contributed by atoms with E-state index in [4.69, 9.17) is 0 Å². The molecule has 1 aromatic carbocycles. The fourth-order valence-electron chi connectivity index (χ4n) is 1.02. The van der Waals surface area contributed by atoms with Crippen LogP contribution in [0.4, 0.5) is 8.78 Å². The van der Waals surface area contributed by atoms with Crippen molar-refractivity contribution in [3.63, 3.8) is 0 Å². The van der Waals surface area contributed by atoms with Gasteiger partial charge in [0.15, 0.2) is 6.33 Å². The van der Waals surface area contributed by atoms with Crippen LogP contribution in [0.5, 0.6) is 0 Å². The Labute approximate surface area is 77.6 Å². The van der Waals surface area contributed by atoms with Crippen molar-refractivity contribution in [1.29, 1.82) is 0 Å². The maximum Gasteiger partial charge on any atom is 0.209 e. The van der Waals surface area contributed by atoms with E-state index in [1.54, 1.807) is 0 Å². The first-order valence-corrected chi connectivity index (χ1v) is 3.74. The van der Waals surface area contributed by atoms with E-state index in [9.17, 15) is 8.78 Å². The second kappa shape index (κ2) is 3.41. The Kier molecular flexibility index (Phi) is 2.10. The first kappa shape index (κ1) is 8.61. The van der Waals surface area contributed by atoms with Gasteiger partial charge in [-0.1, -0.05) is 6.07 Å². The standard InChI is InChI=1S/C8H4F2N4/c9-5-2-1-3-6(10)7(5)8-13-11-4-12-14-8/h1-4H. The van der Waals surface area contributed by atoms with Gasteiger partial charge in [-0.25, -0.2) is 8.78 Å². The van der Waals surface area contributed by atoms with E-state index in [2.05, 4.69) is 20.4 Å². The fraction of sp³-hybridized carbons (Fsp3) is 0. The Balaban J connectivity index is 2.63. The largest absolute Gasteiger partial charge is 0.209 e. The van der Waals surface area contributed by atoms with E-state index >= 15 is 0 Å². The van der Waals surface area contributed by atoms with Crippen LogP contribution in [0.1, 0.15) is 0 Å². The smallest absolute Gasteiger partial charge is 0.206 e. The average Bonchev–Trinajstić information content (AvgIpc) is 2.19. The quantitative estimate of drug-likeness (QED) is 0.684. The normalized spacial score (nSPS) is 10.1. The maximum atomic E-state index is 13.2. The van der Waals surface area contributed by atoms with E-state index in [-0.39, 0.29) is 11.4 Å². The number of benzene rings is 1. The van der Waals surface area contributed by atoms with Gasteiger partial charge >= 0.3 is 0 Å². The number of rotatable bonds is 1. The molecule has 14 heavy (non-hydrogen) atoms. The molecule has 70 valence electrons. The van der Waals surface area contributed by atoms with Crippen LogP contribution >= 0.6 is 0 Å². The summed E-state index contributed by atoms with van der Waals surface area (Å²) < 4.78 is 26.3. The molecular weight excluding hydrogens is 190 g/mol. The molecule has 0 aliphatic heterocycles. The second-order valence-electron chi connectivity index (χ2n) is 2.47. The summed E-state index contributed by atoms with van der Waals surface area (Å²) >= 11 is 0. The highest BCUT2D eigenvalue weighted by Crippen LogP contribution is 2.20. The average molecular weight is 194 g/mol. The summed E-state index contributed by atoms with van der Waals surface area (Å²) in [6, 6.07) is 3.50. The summed E-state index contributed by atoms with van der Waals surface area (Å²) in [5.74, 6) is -1.64. The van der Waals surface area contributed by atoms with Crippen molar-refractivity contribution in [2.45, 2.75) is 0 Å². The molecule has 2 aromatic rings. The monoisotopic (exact) mass is 194 g/mol. The van der Waals surface area contributed by atoms with Gasteiger partial charge in [-0.05, 0) is 12.1 Å². The molecule has 0 spiro atoms. The Bertz CT molecular complexity index is 426. The predicted octanol–water partition coefficient (Wildman–Crippen LogP) is 1.21. The highest BCUT2D eigenvalue weighted by Gasteiger charge is 2.13. The minimum atomic E-state index is -0.736. The summed E-state index contributed by atoms with van der Waals surface area (Å²) in [5.41, 5.74) is -0.312. The number of aromatic nitrogens is 4. The summed E-state index contributed by atoms with van der Waals surface area (Å²) in [6.07, 6.45) is 1.09. The zero-order chi connectivity index (χ0) is 9.97. The lowest BCUT2D eigenvalue weighted by Crippen LogP contribution is -1.98. The van der Waals surface area contributed by atoms with Crippen molar-refractivity contribution in [3.05, 3.63) is 36.2 Å². The number of hydrogen-bond donors (Lipinski definition) is 0. The Hall–Kier alpha value is -1.98. The number of hydrogen-bond acceptors (Lipinski definition) is 4. The third kappa shape index (κ3) is 1.41. The highest BCUT2D eigenvalue weighted by atomic mass is 19.1. The van der Waals surface area contributed by atoms with Crippen LogP contribution in [0.3, 0.4) is 0 Å². The molecule has 2 rings (SSSR count). The first-order chi connectivity index (χ1) is 6.79. The molecule has 0 aliphatic carbocycles. The molecule has 1 aromatic heterocycles. The maximum absolute atomic E-state index is 13.2. The van der Waals surface area contributed by atoms with Crippen LogP contribution in [0.15, 0.2) is 24.5 Å². The van der Waals surface area contributed by atoms with Crippen LogP contribution in [-0.2, 0) is 0 Å². The molecule has 0 aliphatic rings. The Morgan fingerprint density at radius 1 is 0.929 bits per heavy atom. The first-order valence-electron chi connectivity index (χ1n) is 3.74. The van der Waals surface area contributed by atoms with Gasteiger partial charge < -0.3 is 0 Å². The summed E-state index contributed by atoms with van der Waals surface area (Å²) in [7, 11) is 0. The van der Waals surface area contributed by atoms with Gasteiger partial charge in [-0.15, -0.1) is 20.4 Å². The molecule has 0 fully saturated rings. The molecule has 6 heteroatoms. The summed E-state index contributed by atoms with van der Waals surface area (Å²) in [4.78, 5) is 0. The summed E-state index contributed by atoms with van der Waals surface area (Å²) in [5, 5.41) is 13.7. The molecular formula is C8H4F2N4. The Morgan fingerprint density at radius 3 is 2.07 bits per heavy atom. The van der Waals surface area contributed by atoms with Gasteiger partial charge in [0, 0.05) is 0 Å². The molecule has 0 N–H and O–H groups in total. The van der Waals surface area contributed by atoms with E-state index in [0.29, 0.717) is 0 Å². The van der Waals surface area contributed by atoms with Gasteiger partial charge in [0.2, 0.25) is 5.82 Å². The SMILES string of the molecule is Fc1cccc(F)c1-c1nncnn1. The van der Waals surface area contributed by atoms with Crippen LogP contribution in [-0.4, -0.2) is 20.4 Å². The fourth-order valence-corrected chi connectivity index (χ4v) is 1.02. The highest BCUT2D eigenvalue weighted by molar-refractivity contribution is 5.55. The Morgan fingerprint density at radius 2 is 1.50 bits per heavy atom. The lowest BCUT2D eigenvalue weighted by molar-refractivity contribution is 0.585. The third-order valence-corrected chi connectivity index (χ3v) is 1.59. The van der Waals surface area contributed by atoms with E-state index in [0.717, 1.165) is 18.5 Å². The topological polar surface area (TPSA) is 51.6 Å². The molecule has 0 amide bonds. The van der Waals surface area contributed by atoms with E-state index in [1.807, 2.05) is 0 Å². The van der Waals surface area contributed by atoms with Gasteiger partial charge in [-0.3, -0.25) is 0 Å². The molecule has 4 nitrogen and oxygen atoms in total. The van der Waals surface area contributed by atoms with Crippen molar-refractivity contribution < 1.29 is 8.78 Å². The lowest BCUT2D eigenvalue weighted by Gasteiger charge is -2.00. The zero-order valence-electron chi connectivity index (χ0n) is 6.85. The number of nitrogens with zero attached hydrogens (tertiary/aromatic N) is 4. The van der Waals surface area contributed by atoms with Crippen molar-refractivity contribution in [3.8, 4) is 11.4 Å². The minimum Gasteiger partial charge on any atom is -0.206 e. The van der Waals surface area contributed by atoms with Crippen LogP contribution in [0.2, 0.25) is 0 Å². The predicted molar refractivity (Wildman–Crippen MR) is 43.0 cm³/mol. The third-order valence-electron chi connectivity index (χ3n) is 1.59. The van der Waals surface area contributed by atoms with E-state index < -0.39 is 11.6 Å².